The number of aromatic hydroxyl groups is 1. The van der Waals surface area contributed by atoms with Crippen LogP contribution in [0.1, 0.15) is 5.76 Å². The van der Waals surface area contributed by atoms with Crippen LogP contribution in [0.2, 0.25) is 0 Å². The number of nitrogens with one attached hydrogen (secondary N) is 1. The van der Waals surface area contributed by atoms with Crippen LogP contribution in [0.15, 0.2) is 45.6 Å². The average Bonchev–Trinajstić information content (AvgIpc) is 2.85. The lowest BCUT2D eigenvalue weighted by atomic mass is 10.1. The van der Waals surface area contributed by atoms with Crippen molar-refractivity contribution in [1.29, 1.82) is 0 Å². The fourth-order valence-corrected chi connectivity index (χ4v) is 2.04. The highest BCUT2D eigenvalue weighted by Crippen LogP contribution is 2.26. The first-order valence-corrected chi connectivity index (χ1v) is 6.20. The van der Waals surface area contributed by atoms with Gasteiger partial charge in [0, 0.05) is 0 Å². The molecule has 5 nitrogen and oxygen atoms in total. The van der Waals surface area contributed by atoms with Crippen molar-refractivity contribution in [3.05, 3.63) is 58.3 Å². The van der Waals surface area contributed by atoms with Gasteiger partial charge in [0.1, 0.15) is 17.1 Å². The Bertz CT molecular complexity index is 867. The molecule has 0 aliphatic carbocycles. The summed E-state index contributed by atoms with van der Waals surface area (Å²) in [6.45, 7) is 1.75. The zero-order valence-electron chi connectivity index (χ0n) is 11.1. The van der Waals surface area contributed by atoms with Crippen LogP contribution in [0.25, 0.3) is 22.7 Å². The second-order valence-corrected chi connectivity index (χ2v) is 4.53. The number of aryl methyl sites for hydroxylation is 1. The van der Waals surface area contributed by atoms with E-state index in [9.17, 15) is 14.3 Å². The minimum absolute atomic E-state index is 0.0819. The van der Waals surface area contributed by atoms with Gasteiger partial charge in [-0.1, -0.05) is 12.1 Å². The molecule has 6 heteroatoms. The first-order chi connectivity index (χ1) is 10.0. The molecule has 0 fully saturated rings. The predicted octanol–water partition coefficient (Wildman–Crippen LogP) is 2.85. The summed E-state index contributed by atoms with van der Waals surface area (Å²) in [4.78, 5) is 18.6. The third-order valence-corrected chi connectivity index (χ3v) is 2.99. The van der Waals surface area contributed by atoms with Gasteiger partial charge in [-0.3, -0.25) is 4.79 Å². The van der Waals surface area contributed by atoms with E-state index < -0.39 is 17.3 Å². The van der Waals surface area contributed by atoms with E-state index in [0.717, 1.165) is 6.07 Å². The molecular weight excluding hydrogens is 275 g/mol. The Labute approximate surface area is 118 Å². The van der Waals surface area contributed by atoms with Crippen LogP contribution in [0.4, 0.5) is 4.39 Å². The average molecular weight is 286 g/mol. The molecule has 2 N–H and O–H groups in total. The number of rotatable bonds is 2. The first kappa shape index (κ1) is 13.1. The Kier molecular flexibility index (Phi) is 3.06. The Hall–Kier alpha value is -2.89. The minimum atomic E-state index is -0.572. The molecule has 0 aliphatic rings. The van der Waals surface area contributed by atoms with E-state index in [1.807, 2.05) is 0 Å². The number of nitrogens with zero attached hydrogens (tertiary/aromatic N) is 1. The molecule has 0 saturated carbocycles. The van der Waals surface area contributed by atoms with Crippen molar-refractivity contribution in [3.63, 3.8) is 0 Å². The van der Waals surface area contributed by atoms with Crippen LogP contribution in [0.5, 0.6) is 5.88 Å². The van der Waals surface area contributed by atoms with E-state index >= 15 is 0 Å². The fraction of sp³-hybridized carbons (Fsp3) is 0.0667. The minimum Gasteiger partial charge on any atom is -0.493 e. The lowest BCUT2D eigenvalue weighted by Crippen LogP contribution is -2.12. The summed E-state index contributed by atoms with van der Waals surface area (Å²) in [5.74, 6) is 0.128. The summed E-state index contributed by atoms with van der Waals surface area (Å²) in [7, 11) is 0. The molecule has 1 aromatic carbocycles. The molecule has 0 amide bonds. The Morgan fingerprint density at radius 1 is 1.29 bits per heavy atom. The van der Waals surface area contributed by atoms with Crippen molar-refractivity contribution in [2.24, 2.45) is 0 Å². The Balaban J connectivity index is 2.15. The molecule has 0 radical (unpaired) electrons. The predicted molar refractivity (Wildman–Crippen MR) is 74.4 cm³/mol. The van der Waals surface area contributed by atoms with Crippen LogP contribution in [0.3, 0.4) is 0 Å². The van der Waals surface area contributed by atoms with Gasteiger partial charge in [-0.05, 0) is 36.8 Å². The molecule has 2 heterocycles. The largest absolute Gasteiger partial charge is 0.493 e. The van der Waals surface area contributed by atoms with Crippen LogP contribution in [-0.2, 0) is 0 Å². The van der Waals surface area contributed by atoms with Crippen LogP contribution in [0, 0.1) is 12.7 Å². The Morgan fingerprint density at radius 2 is 2.10 bits per heavy atom. The van der Waals surface area contributed by atoms with E-state index in [0.29, 0.717) is 11.5 Å². The number of aromatic amines is 1. The number of H-pyrrole nitrogens is 1. The van der Waals surface area contributed by atoms with Gasteiger partial charge in [0.05, 0.1) is 0 Å². The van der Waals surface area contributed by atoms with Gasteiger partial charge >= 0.3 is 0 Å². The molecule has 0 aliphatic heterocycles. The summed E-state index contributed by atoms with van der Waals surface area (Å²) < 4.78 is 18.6. The summed E-state index contributed by atoms with van der Waals surface area (Å²) in [6, 6.07) is 8.73. The molecule has 21 heavy (non-hydrogen) atoms. The van der Waals surface area contributed by atoms with Crippen LogP contribution < -0.4 is 5.56 Å². The number of benzene rings is 1. The number of hydrogen-bond donors (Lipinski definition) is 2. The maximum absolute atomic E-state index is 13.2. The van der Waals surface area contributed by atoms with Gasteiger partial charge in [-0.2, -0.15) is 4.98 Å². The molecule has 0 atom stereocenters. The molecule has 0 bridgehead atoms. The third kappa shape index (κ3) is 2.43. The van der Waals surface area contributed by atoms with Gasteiger partial charge in [-0.15, -0.1) is 0 Å². The van der Waals surface area contributed by atoms with Crippen molar-refractivity contribution < 1.29 is 13.9 Å². The normalized spacial score (nSPS) is 10.8. The lowest BCUT2D eigenvalue weighted by Gasteiger charge is -2.05. The molecule has 3 aromatic rings. The van der Waals surface area contributed by atoms with Gasteiger partial charge in [0.25, 0.3) is 5.56 Å². The van der Waals surface area contributed by atoms with Crippen molar-refractivity contribution in [3.8, 4) is 28.6 Å². The number of aromatic nitrogens is 2. The molecule has 106 valence electrons. The SMILES string of the molecule is Cc1ccc(-c2nc(O)c(-c3cccc(F)c3)c(=O)[nH]2)o1. The highest BCUT2D eigenvalue weighted by Gasteiger charge is 2.15. The topological polar surface area (TPSA) is 79.1 Å². The fourth-order valence-electron chi connectivity index (χ4n) is 2.04. The van der Waals surface area contributed by atoms with Crippen LogP contribution >= 0.6 is 0 Å². The van der Waals surface area contributed by atoms with Gasteiger partial charge in [0.15, 0.2) is 11.6 Å². The number of halogens is 1. The lowest BCUT2D eigenvalue weighted by molar-refractivity contribution is 0.452. The van der Waals surface area contributed by atoms with E-state index in [-0.39, 0.29) is 17.0 Å². The van der Waals surface area contributed by atoms with E-state index in [1.54, 1.807) is 19.1 Å². The molecule has 3 rings (SSSR count). The second-order valence-electron chi connectivity index (χ2n) is 4.53. The van der Waals surface area contributed by atoms with Crippen molar-refractivity contribution >= 4 is 0 Å². The first-order valence-electron chi connectivity index (χ1n) is 6.20. The maximum Gasteiger partial charge on any atom is 0.263 e. The highest BCUT2D eigenvalue weighted by molar-refractivity contribution is 5.68. The summed E-state index contributed by atoms with van der Waals surface area (Å²) in [6.07, 6.45) is 0. The number of hydrogen-bond acceptors (Lipinski definition) is 4. The standard InChI is InChI=1S/C15H11FN2O3/c1-8-5-6-11(21-8)13-17-14(19)12(15(20)18-13)9-3-2-4-10(16)7-9/h2-7H,1H3,(H2,17,18,19,20). The van der Waals surface area contributed by atoms with Gasteiger partial charge in [0.2, 0.25) is 5.88 Å². The zero-order valence-corrected chi connectivity index (χ0v) is 11.1. The molecule has 0 unspecified atom stereocenters. The molecule has 0 spiro atoms. The summed E-state index contributed by atoms with van der Waals surface area (Å²) in [5, 5.41) is 9.99. The molecular formula is C15H11FN2O3. The van der Waals surface area contributed by atoms with Crippen molar-refractivity contribution in [2.75, 3.05) is 0 Å². The van der Waals surface area contributed by atoms with Gasteiger partial charge < -0.3 is 14.5 Å². The summed E-state index contributed by atoms with van der Waals surface area (Å²) >= 11 is 0. The van der Waals surface area contributed by atoms with E-state index in [1.165, 1.54) is 18.2 Å². The second kappa shape index (κ2) is 4.90. The third-order valence-electron chi connectivity index (χ3n) is 2.99. The van der Waals surface area contributed by atoms with Crippen LogP contribution in [-0.4, -0.2) is 15.1 Å². The quantitative estimate of drug-likeness (QED) is 0.759. The maximum atomic E-state index is 13.2. The molecule has 0 saturated heterocycles. The monoisotopic (exact) mass is 286 g/mol. The molecule has 2 aromatic heterocycles. The smallest absolute Gasteiger partial charge is 0.263 e. The van der Waals surface area contributed by atoms with Crippen molar-refractivity contribution in [2.45, 2.75) is 6.92 Å². The summed E-state index contributed by atoms with van der Waals surface area (Å²) in [5.41, 5.74) is -0.401. The van der Waals surface area contributed by atoms with Gasteiger partial charge in [-0.25, -0.2) is 4.39 Å². The zero-order chi connectivity index (χ0) is 15.0. The highest BCUT2D eigenvalue weighted by atomic mass is 19.1. The van der Waals surface area contributed by atoms with E-state index in [4.69, 9.17) is 4.42 Å². The van der Waals surface area contributed by atoms with E-state index in [2.05, 4.69) is 9.97 Å². The van der Waals surface area contributed by atoms with Crippen molar-refractivity contribution in [1.82, 2.24) is 9.97 Å². The number of furan rings is 1. The Morgan fingerprint density at radius 3 is 2.71 bits per heavy atom.